The van der Waals surface area contributed by atoms with Gasteiger partial charge in [-0.15, -0.1) is 0 Å². The molecule has 0 heterocycles. The van der Waals surface area contributed by atoms with Gasteiger partial charge in [-0.2, -0.15) is 0 Å². The van der Waals surface area contributed by atoms with Crippen molar-refractivity contribution in [3.8, 4) is 5.75 Å². The third kappa shape index (κ3) is 1.84. The van der Waals surface area contributed by atoms with Crippen LogP contribution in [-0.2, 0) is 0 Å². The van der Waals surface area contributed by atoms with Gasteiger partial charge in [-0.05, 0) is 13.0 Å². The molecule has 1 aromatic rings. The molecule has 0 aliphatic carbocycles. The Morgan fingerprint density at radius 2 is 2.31 bits per heavy atom. The molecule has 1 aromatic carbocycles. The molecular weight excluding hydrogens is 170 g/mol. The summed E-state index contributed by atoms with van der Waals surface area (Å²) >= 11 is 0. The summed E-state index contributed by atoms with van der Waals surface area (Å²) in [5, 5.41) is 10.6. The van der Waals surface area contributed by atoms with Crippen LogP contribution < -0.4 is 4.74 Å². The van der Waals surface area contributed by atoms with Gasteiger partial charge in [0.05, 0.1) is 11.2 Å². The van der Waals surface area contributed by atoms with Crippen molar-refractivity contribution in [3.63, 3.8) is 0 Å². The molecular formula is C9H9NO3. The first-order valence-electron chi connectivity index (χ1n) is 3.68. The first-order valence-corrected chi connectivity index (χ1v) is 3.68. The van der Waals surface area contributed by atoms with Crippen LogP contribution in [0, 0.1) is 17.0 Å². The lowest BCUT2D eigenvalue weighted by molar-refractivity contribution is -0.386. The zero-order chi connectivity index (χ0) is 9.84. The van der Waals surface area contributed by atoms with E-state index in [9.17, 15) is 10.1 Å². The summed E-state index contributed by atoms with van der Waals surface area (Å²) in [7, 11) is 0. The quantitative estimate of drug-likeness (QED) is 0.406. The van der Waals surface area contributed by atoms with Gasteiger partial charge in [0, 0.05) is 5.56 Å². The van der Waals surface area contributed by atoms with Crippen LogP contribution in [0.15, 0.2) is 31.0 Å². The molecule has 0 spiro atoms. The lowest BCUT2D eigenvalue weighted by Crippen LogP contribution is -1.95. The first kappa shape index (κ1) is 9.25. The molecule has 0 aromatic heterocycles. The van der Waals surface area contributed by atoms with E-state index in [1.807, 2.05) is 0 Å². The van der Waals surface area contributed by atoms with Crippen molar-refractivity contribution in [2.24, 2.45) is 0 Å². The van der Waals surface area contributed by atoms with Gasteiger partial charge in [-0.3, -0.25) is 10.1 Å². The Morgan fingerprint density at radius 3 is 2.85 bits per heavy atom. The van der Waals surface area contributed by atoms with Crippen LogP contribution in [0.25, 0.3) is 0 Å². The highest BCUT2D eigenvalue weighted by Crippen LogP contribution is 2.29. The third-order valence-corrected chi connectivity index (χ3v) is 1.59. The maximum absolute atomic E-state index is 10.6. The van der Waals surface area contributed by atoms with Crippen LogP contribution in [0.4, 0.5) is 5.69 Å². The number of hydrogen-bond donors (Lipinski definition) is 0. The predicted octanol–water partition coefficient (Wildman–Crippen LogP) is 2.43. The summed E-state index contributed by atoms with van der Waals surface area (Å²) in [6.45, 7) is 5.00. The Bertz CT molecular complexity index is 347. The van der Waals surface area contributed by atoms with E-state index in [-0.39, 0.29) is 11.4 Å². The van der Waals surface area contributed by atoms with Crippen molar-refractivity contribution in [3.05, 3.63) is 46.7 Å². The number of benzene rings is 1. The number of nitro benzene ring substituents is 1. The average molecular weight is 179 g/mol. The van der Waals surface area contributed by atoms with Crippen molar-refractivity contribution in [1.29, 1.82) is 0 Å². The summed E-state index contributed by atoms with van der Waals surface area (Å²) in [4.78, 5) is 10.1. The fourth-order valence-corrected chi connectivity index (χ4v) is 1.05. The highest BCUT2D eigenvalue weighted by Gasteiger charge is 2.16. The fourth-order valence-electron chi connectivity index (χ4n) is 1.05. The Labute approximate surface area is 75.6 Å². The molecule has 0 bridgehead atoms. The molecule has 0 radical (unpaired) electrons. The predicted molar refractivity (Wildman–Crippen MR) is 48.7 cm³/mol. The maximum atomic E-state index is 10.6. The number of hydrogen-bond acceptors (Lipinski definition) is 3. The van der Waals surface area contributed by atoms with E-state index in [0.29, 0.717) is 5.56 Å². The highest BCUT2D eigenvalue weighted by atomic mass is 16.6. The van der Waals surface area contributed by atoms with Crippen molar-refractivity contribution in [2.75, 3.05) is 0 Å². The number of nitro groups is 1. The molecule has 0 unspecified atom stereocenters. The minimum atomic E-state index is -0.464. The Balaban J connectivity index is 3.25. The van der Waals surface area contributed by atoms with Crippen molar-refractivity contribution in [1.82, 2.24) is 0 Å². The van der Waals surface area contributed by atoms with Gasteiger partial charge in [0.25, 0.3) is 0 Å². The summed E-state index contributed by atoms with van der Waals surface area (Å²) < 4.78 is 4.90. The van der Waals surface area contributed by atoms with E-state index in [4.69, 9.17) is 4.74 Å². The first-order chi connectivity index (χ1) is 6.16. The van der Waals surface area contributed by atoms with Crippen LogP contribution in [0.2, 0.25) is 0 Å². The molecule has 4 nitrogen and oxygen atoms in total. The van der Waals surface area contributed by atoms with Crippen LogP contribution in [0.3, 0.4) is 0 Å². The standard InChI is InChI=1S/C9H9NO3/c1-3-13-8-6-4-5-7(2)9(8)10(11)12/h3-6H,1H2,2H3. The van der Waals surface area contributed by atoms with Gasteiger partial charge in [0.15, 0.2) is 0 Å². The third-order valence-electron chi connectivity index (χ3n) is 1.59. The Hall–Kier alpha value is -1.84. The zero-order valence-electron chi connectivity index (χ0n) is 7.19. The molecule has 0 N–H and O–H groups in total. The second kappa shape index (κ2) is 3.71. The summed E-state index contributed by atoms with van der Waals surface area (Å²) in [6, 6.07) is 4.89. The van der Waals surface area contributed by atoms with Crippen molar-refractivity contribution < 1.29 is 9.66 Å². The second-order valence-electron chi connectivity index (χ2n) is 2.46. The SMILES string of the molecule is C=COc1cccc(C)c1[N+](=O)[O-]. The minimum Gasteiger partial charge on any atom is -0.458 e. The molecule has 1 rings (SSSR count). The smallest absolute Gasteiger partial charge is 0.314 e. The van der Waals surface area contributed by atoms with Gasteiger partial charge in [-0.25, -0.2) is 0 Å². The Kier molecular flexibility index (Phi) is 2.64. The molecule has 0 aliphatic heterocycles. The number of ether oxygens (including phenoxy) is 1. The molecule has 0 atom stereocenters. The van der Waals surface area contributed by atoms with Crippen molar-refractivity contribution >= 4 is 5.69 Å². The zero-order valence-corrected chi connectivity index (χ0v) is 7.19. The number of aryl methyl sites for hydroxylation is 1. The van der Waals surface area contributed by atoms with Gasteiger partial charge in [0.2, 0.25) is 5.75 Å². The molecule has 0 amide bonds. The van der Waals surface area contributed by atoms with E-state index < -0.39 is 4.92 Å². The monoisotopic (exact) mass is 179 g/mol. The van der Waals surface area contributed by atoms with Crippen LogP contribution in [0.5, 0.6) is 5.75 Å². The number of para-hydroxylation sites is 1. The summed E-state index contributed by atoms with van der Waals surface area (Å²) in [5.74, 6) is 0.222. The lowest BCUT2D eigenvalue weighted by Gasteiger charge is -2.02. The van der Waals surface area contributed by atoms with Gasteiger partial charge < -0.3 is 4.74 Å². The number of rotatable bonds is 3. The normalized spacial score (nSPS) is 9.31. The van der Waals surface area contributed by atoms with Crippen LogP contribution in [-0.4, -0.2) is 4.92 Å². The van der Waals surface area contributed by atoms with E-state index in [0.717, 1.165) is 0 Å². The molecule has 68 valence electrons. The second-order valence-corrected chi connectivity index (χ2v) is 2.46. The van der Waals surface area contributed by atoms with Crippen LogP contribution in [0.1, 0.15) is 5.56 Å². The van der Waals surface area contributed by atoms with Crippen molar-refractivity contribution in [2.45, 2.75) is 6.92 Å². The van der Waals surface area contributed by atoms with Gasteiger partial charge >= 0.3 is 5.69 Å². The topological polar surface area (TPSA) is 52.4 Å². The average Bonchev–Trinajstić information content (AvgIpc) is 2.04. The van der Waals surface area contributed by atoms with E-state index in [1.165, 1.54) is 12.3 Å². The van der Waals surface area contributed by atoms with Gasteiger partial charge in [-0.1, -0.05) is 18.7 Å². The molecule has 0 fully saturated rings. The van der Waals surface area contributed by atoms with E-state index in [1.54, 1.807) is 19.1 Å². The lowest BCUT2D eigenvalue weighted by atomic mass is 10.2. The summed E-state index contributed by atoms with van der Waals surface area (Å²) in [5.41, 5.74) is 0.562. The molecule has 0 saturated carbocycles. The molecule has 13 heavy (non-hydrogen) atoms. The molecule has 0 aliphatic rings. The largest absolute Gasteiger partial charge is 0.458 e. The number of nitrogens with zero attached hydrogens (tertiary/aromatic N) is 1. The van der Waals surface area contributed by atoms with E-state index >= 15 is 0 Å². The highest BCUT2D eigenvalue weighted by molar-refractivity contribution is 5.52. The van der Waals surface area contributed by atoms with Gasteiger partial charge in [0.1, 0.15) is 0 Å². The molecule has 4 heteroatoms. The fraction of sp³-hybridized carbons (Fsp3) is 0.111. The van der Waals surface area contributed by atoms with Crippen LogP contribution >= 0.6 is 0 Å². The minimum absolute atomic E-state index is 0.0117. The molecule has 0 saturated heterocycles. The van der Waals surface area contributed by atoms with E-state index in [2.05, 4.69) is 6.58 Å². The Morgan fingerprint density at radius 1 is 1.62 bits per heavy atom. The maximum Gasteiger partial charge on any atom is 0.314 e. The summed E-state index contributed by atoms with van der Waals surface area (Å²) in [6.07, 6.45) is 1.17.